The predicted octanol–water partition coefficient (Wildman–Crippen LogP) is 9.04. The van der Waals surface area contributed by atoms with Crippen LogP contribution in [0.2, 0.25) is 0 Å². The van der Waals surface area contributed by atoms with Gasteiger partial charge in [0, 0.05) is 26.3 Å². The Morgan fingerprint density at radius 3 is 2.29 bits per heavy atom. The van der Waals surface area contributed by atoms with Crippen LogP contribution >= 0.6 is 0 Å². The largest absolute Gasteiger partial charge is 0.304 e. The van der Waals surface area contributed by atoms with Gasteiger partial charge in [-0.05, 0) is 84.4 Å². The van der Waals surface area contributed by atoms with E-state index < -0.39 is 0 Å². The molecular formula is C33H34IrN-. The monoisotopic (exact) mass is 637 g/mol. The summed E-state index contributed by atoms with van der Waals surface area (Å²) in [6, 6.07) is 29.7. The van der Waals surface area contributed by atoms with Crippen LogP contribution in [0.25, 0.3) is 33.5 Å². The normalized spacial score (nSPS) is 19.7. The third-order valence-electron chi connectivity index (χ3n) is 7.44. The summed E-state index contributed by atoms with van der Waals surface area (Å²) in [6.07, 6.45) is 5.97. The molecule has 1 radical (unpaired) electrons. The van der Waals surface area contributed by atoms with Gasteiger partial charge in [-0.25, -0.2) is 0 Å². The first-order valence-electron chi connectivity index (χ1n) is 12.6. The number of aryl methyl sites for hydroxylation is 2. The van der Waals surface area contributed by atoms with Gasteiger partial charge in [0.2, 0.25) is 0 Å². The first-order chi connectivity index (χ1) is 16.5. The third kappa shape index (κ3) is 5.66. The maximum absolute atomic E-state index is 4.88. The number of pyridine rings is 1. The quantitative estimate of drug-likeness (QED) is 0.204. The fourth-order valence-electron chi connectivity index (χ4n) is 5.86. The number of aromatic nitrogens is 1. The summed E-state index contributed by atoms with van der Waals surface area (Å²) in [5, 5.41) is 0. The van der Waals surface area contributed by atoms with Crippen LogP contribution in [0.3, 0.4) is 0 Å². The summed E-state index contributed by atoms with van der Waals surface area (Å²) in [6.45, 7) is 9.13. The zero-order valence-corrected chi connectivity index (χ0v) is 23.5. The minimum atomic E-state index is 0. The van der Waals surface area contributed by atoms with Gasteiger partial charge in [-0.3, -0.25) is 0 Å². The molecule has 1 heterocycles. The van der Waals surface area contributed by atoms with Crippen molar-refractivity contribution in [2.45, 2.75) is 52.9 Å². The van der Waals surface area contributed by atoms with E-state index in [4.69, 9.17) is 4.98 Å². The van der Waals surface area contributed by atoms with Crippen molar-refractivity contribution in [3.8, 4) is 33.5 Å². The topological polar surface area (TPSA) is 12.9 Å². The summed E-state index contributed by atoms with van der Waals surface area (Å²) in [7, 11) is 0. The van der Waals surface area contributed by atoms with Gasteiger partial charge in [-0.1, -0.05) is 74.0 Å². The minimum Gasteiger partial charge on any atom is -0.304 e. The molecule has 4 aromatic rings. The molecule has 1 unspecified atom stereocenters. The summed E-state index contributed by atoms with van der Waals surface area (Å²) in [5.74, 6) is 2.22. The van der Waals surface area contributed by atoms with E-state index in [1.54, 1.807) is 0 Å². The van der Waals surface area contributed by atoms with E-state index in [9.17, 15) is 0 Å². The second-order valence-corrected chi connectivity index (χ2v) is 10.4. The molecule has 3 atom stereocenters. The molecule has 1 saturated carbocycles. The van der Waals surface area contributed by atoms with Crippen LogP contribution in [0.4, 0.5) is 0 Å². The smallest absolute Gasteiger partial charge is 0.0239 e. The van der Waals surface area contributed by atoms with Crippen molar-refractivity contribution in [2.24, 2.45) is 11.8 Å². The Morgan fingerprint density at radius 2 is 1.54 bits per heavy atom. The Balaban J connectivity index is 0.00000289. The number of hydrogen-bond acceptors (Lipinski definition) is 1. The molecule has 181 valence electrons. The van der Waals surface area contributed by atoms with Crippen molar-refractivity contribution in [1.82, 2.24) is 4.98 Å². The Labute approximate surface area is 224 Å². The van der Waals surface area contributed by atoms with Gasteiger partial charge in [0.05, 0.1) is 0 Å². The van der Waals surface area contributed by atoms with Crippen LogP contribution in [-0.2, 0) is 20.1 Å². The van der Waals surface area contributed by atoms with Gasteiger partial charge in [0.1, 0.15) is 0 Å². The molecule has 1 aromatic heterocycles. The van der Waals surface area contributed by atoms with E-state index in [0.29, 0.717) is 5.92 Å². The summed E-state index contributed by atoms with van der Waals surface area (Å²) < 4.78 is 0. The van der Waals surface area contributed by atoms with Gasteiger partial charge in [-0.15, -0.1) is 35.4 Å². The van der Waals surface area contributed by atoms with Crippen LogP contribution in [0.5, 0.6) is 0 Å². The molecule has 0 aliphatic heterocycles. The van der Waals surface area contributed by atoms with Gasteiger partial charge < -0.3 is 4.98 Å². The maximum atomic E-state index is 4.88. The van der Waals surface area contributed by atoms with Crippen molar-refractivity contribution in [2.75, 3.05) is 0 Å². The molecule has 3 aromatic carbocycles. The Bertz CT molecular complexity index is 1280. The molecule has 0 bridgehead atoms. The van der Waals surface area contributed by atoms with Crippen LogP contribution in [0.15, 0.2) is 79.0 Å². The maximum Gasteiger partial charge on any atom is 0.0239 e. The van der Waals surface area contributed by atoms with E-state index in [0.717, 1.165) is 23.1 Å². The summed E-state index contributed by atoms with van der Waals surface area (Å²) in [5.41, 5.74) is 11.1. The van der Waals surface area contributed by atoms with Gasteiger partial charge in [0.15, 0.2) is 0 Å². The predicted molar refractivity (Wildman–Crippen MR) is 144 cm³/mol. The van der Waals surface area contributed by atoms with Crippen LogP contribution in [-0.4, -0.2) is 4.98 Å². The molecule has 1 aliphatic rings. The fourth-order valence-corrected chi connectivity index (χ4v) is 5.86. The number of benzene rings is 3. The molecule has 1 fully saturated rings. The molecule has 5 rings (SSSR count). The minimum absolute atomic E-state index is 0. The standard InChI is InChI=1S/C33H34N.Ir/c1-22-12-13-25(4)32(19-22)26-8-7-9-27(20-26)33-15-14-28(21-34-33)30-10-5-6-11-31(30)29-17-23(2)16-24(3)18-29;/h5-8,10-15,19-21,23-24,29H,16-18H2,1-4H3;/q-1;/t23-,24+,29?;. The third-order valence-corrected chi connectivity index (χ3v) is 7.44. The van der Waals surface area contributed by atoms with Crippen molar-refractivity contribution >= 4 is 0 Å². The first kappa shape index (κ1) is 25.5. The molecule has 0 amide bonds. The first-order valence-corrected chi connectivity index (χ1v) is 12.6. The second-order valence-electron chi connectivity index (χ2n) is 10.4. The Kier molecular flexibility index (Phi) is 8.05. The molecule has 1 nitrogen and oxygen atoms in total. The van der Waals surface area contributed by atoms with Crippen LogP contribution in [0, 0.1) is 31.7 Å². The number of rotatable bonds is 4. The van der Waals surface area contributed by atoms with E-state index in [1.807, 2.05) is 12.3 Å². The molecule has 35 heavy (non-hydrogen) atoms. The average Bonchev–Trinajstić information content (AvgIpc) is 2.85. The molecular weight excluding hydrogens is 603 g/mol. The number of hydrogen-bond donors (Lipinski definition) is 0. The molecule has 2 heteroatoms. The average molecular weight is 637 g/mol. The summed E-state index contributed by atoms with van der Waals surface area (Å²) >= 11 is 0. The molecule has 0 saturated heterocycles. The SMILES string of the molecule is Cc1ccc(C)c(-c2cc[c-]c(-c3ccc(-c4ccccc4C4C[C@@H](C)C[C@@H](C)C4)cn3)c2)c1.[Ir]. The van der Waals surface area contributed by atoms with Gasteiger partial charge in [0.25, 0.3) is 0 Å². The van der Waals surface area contributed by atoms with Crippen LogP contribution in [0.1, 0.15) is 55.7 Å². The zero-order valence-electron chi connectivity index (χ0n) is 21.1. The molecule has 1 aliphatic carbocycles. The summed E-state index contributed by atoms with van der Waals surface area (Å²) in [4.78, 5) is 4.88. The number of nitrogens with zero attached hydrogens (tertiary/aromatic N) is 1. The van der Waals surface area contributed by atoms with E-state index >= 15 is 0 Å². The van der Waals surface area contributed by atoms with Crippen molar-refractivity contribution < 1.29 is 20.1 Å². The molecule has 0 N–H and O–H groups in total. The van der Waals surface area contributed by atoms with Crippen molar-refractivity contribution in [1.29, 1.82) is 0 Å². The fraction of sp³-hybridized carbons (Fsp3) is 0.303. The Hall–Kier alpha value is -2.54. The molecule has 0 spiro atoms. The van der Waals surface area contributed by atoms with E-state index in [1.165, 1.54) is 58.2 Å². The second kappa shape index (κ2) is 11.0. The zero-order chi connectivity index (χ0) is 23.7. The van der Waals surface area contributed by atoms with Gasteiger partial charge >= 0.3 is 0 Å². The van der Waals surface area contributed by atoms with Crippen molar-refractivity contribution in [3.63, 3.8) is 0 Å². The van der Waals surface area contributed by atoms with Gasteiger partial charge in [-0.2, -0.15) is 0 Å². The van der Waals surface area contributed by atoms with Crippen LogP contribution < -0.4 is 0 Å². The van der Waals surface area contributed by atoms with E-state index in [2.05, 4.69) is 100 Å². The Morgan fingerprint density at radius 1 is 0.771 bits per heavy atom. The van der Waals surface area contributed by atoms with E-state index in [-0.39, 0.29) is 20.1 Å². The van der Waals surface area contributed by atoms with Crippen molar-refractivity contribution in [3.05, 3.63) is 102 Å².